The molecule has 0 aliphatic heterocycles. The van der Waals surface area contributed by atoms with Crippen molar-refractivity contribution in [2.24, 2.45) is 0 Å². The summed E-state index contributed by atoms with van der Waals surface area (Å²) in [6.07, 6.45) is 0. The first-order valence-corrected chi connectivity index (χ1v) is 12.1. The van der Waals surface area contributed by atoms with E-state index in [0.29, 0.717) is 0 Å². The molecule has 5 aromatic rings. The van der Waals surface area contributed by atoms with Gasteiger partial charge in [0.05, 0.1) is 5.69 Å². The van der Waals surface area contributed by atoms with E-state index in [4.69, 9.17) is 0 Å². The maximum atomic E-state index is 3.75. The monoisotopic (exact) mass is 489 g/mol. The van der Waals surface area contributed by atoms with Gasteiger partial charge in [-0.15, -0.1) is 0 Å². The Bertz CT molecular complexity index is 1500. The molecule has 0 spiro atoms. The molecule has 0 saturated carbocycles. The second-order valence-electron chi connectivity index (χ2n) is 9.18. The zero-order valence-corrected chi connectivity index (χ0v) is 20.3. The van der Waals surface area contributed by atoms with Gasteiger partial charge in [-0.05, 0) is 64.0 Å². The number of nitrogens with zero attached hydrogens (tertiary/aromatic N) is 1. The number of benzene rings is 5. The van der Waals surface area contributed by atoms with Crippen LogP contribution in [0.3, 0.4) is 0 Å². The summed E-state index contributed by atoms with van der Waals surface area (Å²) in [6.45, 7) is 4.67. The number of fused-ring (bicyclic) bond motifs is 4. The van der Waals surface area contributed by atoms with Gasteiger partial charge in [0.1, 0.15) is 0 Å². The normalized spacial score (nSPS) is 13.5. The van der Waals surface area contributed by atoms with Gasteiger partial charge in [0, 0.05) is 26.6 Å². The highest BCUT2D eigenvalue weighted by molar-refractivity contribution is 9.10. The Morgan fingerprint density at radius 2 is 1.24 bits per heavy atom. The van der Waals surface area contributed by atoms with E-state index in [1.54, 1.807) is 0 Å². The number of hydrogen-bond donors (Lipinski definition) is 0. The first kappa shape index (κ1) is 20.3. The molecule has 1 nitrogen and oxygen atoms in total. The van der Waals surface area contributed by atoms with Crippen molar-refractivity contribution in [3.63, 3.8) is 0 Å². The number of hydrogen-bond acceptors (Lipinski definition) is 1. The highest BCUT2D eigenvalue weighted by Crippen LogP contribution is 2.51. The minimum Gasteiger partial charge on any atom is -0.310 e. The van der Waals surface area contributed by atoms with Gasteiger partial charge in [0.25, 0.3) is 0 Å². The lowest BCUT2D eigenvalue weighted by molar-refractivity contribution is 0.660. The van der Waals surface area contributed by atoms with Crippen molar-refractivity contribution in [3.8, 4) is 11.1 Å². The lowest BCUT2D eigenvalue weighted by Gasteiger charge is -2.29. The van der Waals surface area contributed by atoms with E-state index in [1.807, 2.05) is 0 Å². The fourth-order valence-corrected chi connectivity index (χ4v) is 5.75. The summed E-state index contributed by atoms with van der Waals surface area (Å²) in [5.74, 6) is 0. The van der Waals surface area contributed by atoms with Crippen molar-refractivity contribution in [1.82, 2.24) is 0 Å². The number of para-hydroxylation sites is 1. The number of halogens is 1. The average molecular weight is 490 g/mol. The van der Waals surface area contributed by atoms with Crippen LogP contribution in [0.25, 0.3) is 21.9 Å². The van der Waals surface area contributed by atoms with Crippen LogP contribution >= 0.6 is 15.9 Å². The van der Waals surface area contributed by atoms with E-state index in [9.17, 15) is 0 Å². The summed E-state index contributed by atoms with van der Waals surface area (Å²) in [5.41, 5.74) is 8.94. The van der Waals surface area contributed by atoms with Crippen molar-refractivity contribution >= 4 is 43.8 Å². The van der Waals surface area contributed by atoms with E-state index in [0.717, 1.165) is 10.2 Å². The smallest absolute Gasteiger partial charge is 0.0540 e. The van der Waals surface area contributed by atoms with Crippen LogP contribution in [0.15, 0.2) is 114 Å². The quantitative estimate of drug-likeness (QED) is 0.244. The molecule has 0 saturated heterocycles. The molecule has 0 atom stereocenters. The Kier molecular flexibility index (Phi) is 4.67. The third-order valence-corrected chi connectivity index (χ3v) is 7.62. The van der Waals surface area contributed by atoms with Crippen LogP contribution in [0.1, 0.15) is 25.0 Å². The Balaban J connectivity index is 1.60. The van der Waals surface area contributed by atoms with Crippen molar-refractivity contribution in [3.05, 3.63) is 125 Å². The van der Waals surface area contributed by atoms with Gasteiger partial charge in [-0.1, -0.05) is 103 Å². The fraction of sp³-hybridized carbons (Fsp3) is 0.0968. The molecule has 0 bridgehead atoms. The molecule has 5 aromatic carbocycles. The molecule has 2 heteroatoms. The van der Waals surface area contributed by atoms with Crippen LogP contribution in [0.2, 0.25) is 0 Å². The lowest BCUT2D eigenvalue weighted by atomic mass is 9.82. The predicted molar refractivity (Wildman–Crippen MR) is 144 cm³/mol. The number of rotatable bonds is 3. The maximum absolute atomic E-state index is 3.75. The minimum atomic E-state index is -0.0356. The molecular weight excluding hydrogens is 466 g/mol. The van der Waals surface area contributed by atoms with E-state index in [2.05, 4.69) is 144 Å². The van der Waals surface area contributed by atoms with Crippen LogP contribution < -0.4 is 4.90 Å². The third-order valence-electron chi connectivity index (χ3n) is 6.93. The molecule has 0 N–H and O–H groups in total. The molecule has 0 fully saturated rings. The largest absolute Gasteiger partial charge is 0.310 e. The summed E-state index contributed by atoms with van der Waals surface area (Å²) < 4.78 is 1.11. The first-order chi connectivity index (χ1) is 16.1. The molecule has 0 radical (unpaired) electrons. The maximum Gasteiger partial charge on any atom is 0.0540 e. The number of anilines is 3. The summed E-state index contributed by atoms with van der Waals surface area (Å²) in [7, 11) is 0. The average Bonchev–Trinajstić information content (AvgIpc) is 3.08. The van der Waals surface area contributed by atoms with Crippen LogP contribution in [0, 0.1) is 0 Å². The summed E-state index contributed by atoms with van der Waals surface area (Å²) >= 11 is 3.75. The molecule has 160 valence electrons. The minimum absolute atomic E-state index is 0.0356. The topological polar surface area (TPSA) is 3.24 Å². The van der Waals surface area contributed by atoms with Gasteiger partial charge < -0.3 is 4.90 Å². The molecule has 33 heavy (non-hydrogen) atoms. The van der Waals surface area contributed by atoms with Crippen LogP contribution in [0.5, 0.6) is 0 Å². The third kappa shape index (κ3) is 3.13. The van der Waals surface area contributed by atoms with Gasteiger partial charge in [-0.3, -0.25) is 0 Å². The SMILES string of the molecule is CC1(C)c2ccccc2-c2ccc(N(c3ccccc3)c3ccc(Br)c4ccccc34)cc21. The second kappa shape index (κ2) is 7.60. The van der Waals surface area contributed by atoms with Crippen LogP contribution in [0.4, 0.5) is 17.1 Å². The molecule has 0 heterocycles. The molecular formula is C31H24BrN. The van der Waals surface area contributed by atoms with E-state index >= 15 is 0 Å². The van der Waals surface area contributed by atoms with Gasteiger partial charge in [-0.2, -0.15) is 0 Å². The molecule has 1 aliphatic rings. The van der Waals surface area contributed by atoms with E-state index < -0.39 is 0 Å². The molecule has 0 aromatic heterocycles. The van der Waals surface area contributed by atoms with Gasteiger partial charge in [0.15, 0.2) is 0 Å². The van der Waals surface area contributed by atoms with Crippen LogP contribution in [-0.2, 0) is 5.41 Å². The van der Waals surface area contributed by atoms with Crippen molar-refractivity contribution < 1.29 is 0 Å². The van der Waals surface area contributed by atoms with Crippen molar-refractivity contribution in [2.45, 2.75) is 19.3 Å². The molecule has 0 amide bonds. The summed E-state index contributed by atoms with van der Waals surface area (Å²) in [4.78, 5) is 2.38. The van der Waals surface area contributed by atoms with Gasteiger partial charge in [0.2, 0.25) is 0 Å². The van der Waals surface area contributed by atoms with E-state index in [1.165, 1.54) is 44.4 Å². The van der Waals surface area contributed by atoms with Crippen molar-refractivity contribution in [2.75, 3.05) is 4.90 Å². The molecule has 0 unspecified atom stereocenters. The van der Waals surface area contributed by atoms with Crippen LogP contribution in [-0.4, -0.2) is 0 Å². The predicted octanol–water partition coefficient (Wildman–Crippen LogP) is 9.38. The molecule has 1 aliphatic carbocycles. The molecule has 6 rings (SSSR count). The van der Waals surface area contributed by atoms with Gasteiger partial charge in [-0.25, -0.2) is 0 Å². The summed E-state index contributed by atoms with van der Waals surface area (Å²) in [6, 6.07) is 39.4. The zero-order chi connectivity index (χ0) is 22.6. The summed E-state index contributed by atoms with van der Waals surface area (Å²) in [5, 5.41) is 2.43. The second-order valence-corrected chi connectivity index (χ2v) is 10.0. The van der Waals surface area contributed by atoms with E-state index in [-0.39, 0.29) is 5.41 Å². The first-order valence-electron chi connectivity index (χ1n) is 11.3. The highest BCUT2D eigenvalue weighted by Gasteiger charge is 2.35. The van der Waals surface area contributed by atoms with Crippen molar-refractivity contribution in [1.29, 1.82) is 0 Å². The standard InChI is InChI=1S/C31H24BrN/c1-31(2)27-15-9-8-12-23(27)24-17-16-22(20-28(24)31)33(21-10-4-3-5-11-21)30-19-18-29(32)25-13-6-7-14-26(25)30/h3-20H,1-2H3. The zero-order valence-electron chi connectivity index (χ0n) is 18.7. The Morgan fingerprint density at radius 3 is 2.06 bits per heavy atom. The lowest BCUT2D eigenvalue weighted by Crippen LogP contribution is -2.16. The highest BCUT2D eigenvalue weighted by atomic mass is 79.9. The fourth-order valence-electron chi connectivity index (χ4n) is 5.28. The Morgan fingerprint density at radius 1 is 0.576 bits per heavy atom. The Labute approximate surface area is 203 Å². The van der Waals surface area contributed by atoms with Gasteiger partial charge >= 0.3 is 0 Å². The Hall–Kier alpha value is -3.36.